The zero-order chi connectivity index (χ0) is 19.9. The van der Waals surface area contributed by atoms with Crippen molar-refractivity contribution < 1.29 is 21.9 Å². The van der Waals surface area contributed by atoms with Crippen LogP contribution in [-0.2, 0) is 33.9 Å². The lowest BCUT2D eigenvalue weighted by atomic mass is 9.99. The van der Waals surface area contributed by atoms with Gasteiger partial charge in [-0.05, 0) is 31.5 Å². The molecule has 0 radical (unpaired) electrons. The zero-order valence-electron chi connectivity index (χ0n) is 15.0. The number of nitrogens with one attached hydrogen (secondary N) is 1. The normalized spacial score (nSPS) is 23.2. The van der Waals surface area contributed by atoms with Gasteiger partial charge in [0, 0.05) is 25.1 Å². The van der Waals surface area contributed by atoms with Gasteiger partial charge in [-0.1, -0.05) is 10.3 Å². The third-order valence-electron chi connectivity index (χ3n) is 5.21. The van der Waals surface area contributed by atoms with Crippen LogP contribution in [0.1, 0.15) is 36.0 Å². The minimum Gasteiger partial charge on any atom is -0.593 e. The van der Waals surface area contributed by atoms with Crippen LogP contribution in [0, 0.1) is 0 Å². The molecule has 2 unspecified atom stereocenters. The smallest absolute Gasteiger partial charge is 0.416 e. The van der Waals surface area contributed by atoms with E-state index in [2.05, 4.69) is 15.5 Å². The van der Waals surface area contributed by atoms with E-state index in [1.807, 2.05) is 4.57 Å². The number of benzene rings is 1. The molecule has 0 aliphatic carbocycles. The lowest BCUT2D eigenvalue weighted by molar-refractivity contribution is -0.137. The first-order chi connectivity index (χ1) is 13.3. The highest BCUT2D eigenvalue weighted by Gasteiger charge is 2.38. The number of rotatable bonds is 3. The van der Waals surface area contributed by atoms with Gasteiger partial charge in [0.2, 0.25) is 0 Å². The average molecular weight is 415 g/mol. The number of fused-ring (bicyclic) bond motifs is 1. The molecule has 3 heterocycles. The summed E-state index contributed by atoms with van der Waals surface area (Å²) >= 11 is 0. The highest BCUT2D eigenvalue weighted by molar-refractivity contribution is 7.95. The maximum absolute atomic E-state index is 12.9. The number of halogens is 3. The molecular weight excluding hydrogens is 395 g/mol. The van der Waals surface area contributed by atoms with E-state index in [9.17, 15) is 21.9 Å². The highest BCUT2D eigenvalue weighted by Crippen LogP contribution is 2.33. The first kappa shape index (κ1) is 19.5. The van der Waals surface area contributed by atoms with Gasteiger partial charge in [0.15, 0.2) is 21.1 Å². The Bertz CT molecular complexity index is 910. The second-order valence-corrected chi connectivity index (χ2v) is 8.97. The summed E-state index contributed by atoms with van der Waals surface area (Å²) in [4.78, 5) is -0.369. The number of hydrogen-bond acceptors (Lipinski definition) is 5. The van der Waals surface area contributed by atoms with Crippen LogP contribution in [0.25, 0.3) is 0 Å². The SMILES string of the molecule is O=[S+]([O-])(c1cccc(C(F)(F)F)c1)N1CCn2c(nnc2C2CCCNC2)C1. The molecule has 2 aliphatic rings. The van der Waals surface area contributed by atoms with Crippen molar-refractivity contribution >= 4 is 10.4 Å². The lowest BCUT2D eigenvalue weighted by Gasteiger charge is -2.31. The number of piperidine rings is 1. The van der Waals surface area contributed by atoms with Gasteiger partial charge in [0.1, 0.15) is 12.4 Å². The van der Waals surface area contributed by atoms with Crippen LogP contribution in [0.2, 0.25) is 0 Å². The van der Waals surface area contributed by atoms with Gasteiger partial charge >= 0.3 is 6.18 Å². The van der Waals surface area contributed by atoms with Crippen LogP contribution in [0.5, 0.6) is 0 Å². The van der Waals surface area contributed by atoms with Crippen LogP contribution in [0.15, 0.2) is 29.2 Å². The van der Waals surface area contributed by atoms with Crippen molar-refractivity contribution in [1.29, 1.82) is 0 Å². The standard InChI is InChI=1S/C17H20F3N5O2S/c18-17(19,20)13-4-1-5-14(9-13)28(26,27)24-7-8-25-15(11-24)22-23-16(25)12-3-2-6-21-10-12/h1,4-5,9,12,21H,2-3,6-8,10-11H2. The van der Waals surface area contributed by atoms with Crippen molar-refractivity contribution in [3.05, 3.63) is 41.5 Å². The van der Waals surface area contributed by atoms with E-state index in [-0.39, 0.29) is 23.9 Å². The highest BCUT2D eigenvalue weighted by atomic mass is 32.3. The molecule has 7 nitrogen and oxygen atoms in total. The Morgan fingerprint density at radius 2 is 2.07 bits per heavy atom. The number of hydrogen-bond donors (Lipinski definition) is 1. The zero-order valence-corrected chi connectivity index (χ0v) is 15.8. The van der Waals surface area contributed by atoms with Gasteiger partial charge in [-0.15, -0.1) is 14.5 Å². The van der Waals surface area contributed by atoms with E-state index >= 15 is 0 Å². The molecule has 2 atom stereocenters. The van der Waals surface area contributed by atoms with Crippen LogP contribution in [-0.4, -0.2) is 43.3 Å². The van der Waals surface area contributed by atoms with Crippen molar-refractivity contribution in [3.63, 3.8) is 0 Å². The average Bonchev–Trinajstić information content (AvgIpc) is 3.11. The molecule has 2 aliphatic heterocycles. The molecule has 2 aromatic rings. The second-order valence-electron chi connectivity index (χ2n) is 7.03. The summed E-state index contributed by atoms with van der Waals surface area (Å²) in [6.45, 7) is 2.32. The molecule has 28 heavy (non-hydrogen) atoms. The Morgan fingerprint density at radius 1 is 1.25 bits per heavy atom. The third kappa shape index (κ3) is 3.59. The molecule has 152 valence electrons. The van der Waals surface area contributed by atoms with Crippen LogP contribution >= 0.6 is 0 Å². The maximum atomic E-state index is 12.9. The number of alkyl halides is 3. The van der Waals surface area contributed by atoms with Gasteiger partial charge in [-0.3, -0.25) is 0 Å². The van der Waals surface area contributed by atoms with Gasteiger partial charge in [-0.25, -0.2) is 0 Å². The summed E-state index contributed by atoms with van der Waals surface area (Å²) in [5.74, 6) is 1.60. The molecule has 1 N–H and O–H groups in total. The summed E-state index contributed by atoms with van der Waals surface area (Å²) in [6, 6.07) is 3.82. The Kier molecular flexibility index (Phi) is 5.02. The van der Waals surface area contributed by atoms with E-state index < -0.39 is 22.1 Å². The Balaban J connectivity index is 1.57. The third-order valence-corrected chi connectivity index (χ3v) is 7.05. The predicted octanol–water partition coefficient (Wildman–Crippen LogP) is 2.18. The van der Waals surface area contributed by atoms with Crippen LogP contribution in [0.3, 0.4) is 0 Å². The van der Waals surface area contributed by atoms with Gasteiger partial charge < -0.3 is 14.4 Å². The van der Waals surface area contributed by atoms with E-state index in [1.54, 1.807) is 0 Å². The minimum absolute atomic E-state index is 0.00821. The molecule has 0 amide bonds. The fraction of sp³-hybridized carbons (Fsp3) is 0.529. The Labute approximate surface area is 161 Å². The summed E-state index contributed by atoms with van der Waals surface area (Å²) < 4.78 is 67.7. The summed E-state index contributed by atoms with van der Waals surface area (Å²) in [5.41, 5.74) is -0.985. The Morgan fingerprint density at radius 3 is 2.79 bits per heavy atom. The predicted molar refractivity (Wildman–Crippen MR) is 93.8 cm³/mol. The van der Waals surface area contributed by atoms with E-state index in [0.717, 1.165) is 48.2 Å². The number of aromatic nitrogens is 3. The van der Waals surface area contributed by atoms with Crippen LogP contribution in [0.4, 0.5) is 13.2 Å². The molecule has 0 bridgehead atoms. The van der Waals surface area contributed by atoms with E-state index in [0.29, 0.717) is 18.4 Å². The summed E-state index contributed by atoms with van der Waals surface area (Å²) in [7, 11) is -4.06. The topological polar surface area (TPSA) is 86.1 Å². The first-order valence-corrected chi connectivity index (χ1v) is 10.5. The first-order valence-electron chi connectivity index (χ1n) is 9.07. The van der Waals surface area contributed by atoms with Crippen molar-refractivity contribution in [2.45, 2.75) is 42.9 Å². The molecule has 1 fully saturated rings. The minimum atomic E-state index is -4.60. The van der Waals surface area contributed by atoms with Crippen molar-refractivity contribution in [2.24, 2.45) is 0 Å². The molecule has 1 saturated heterocycles. The van der Waals surface area contributed by atoms with Gasteiger partial charge in [-0.2, -0.15) is 13.2 Å². The fourth-order valence-corrected chi connectivity index (χ4v) is 5.15. The van der Waals surface area contributed by atoms with E-state index in [4.69, 9.17) is 0 Å². The Hall–Kier alpha value is -1.82. The molecule has 0 saturated carbocycles. The summed E-state index contributed by atoms with van der Waals surface area (Å²) in [6.07, 6.45) is -2.56. The molecular formula is C17H20F3N5O2S. The monoisotopic (exact) mass is 415 g/mol. The van der Waals surface area contributed by atoms with Crippen molar-refractivity contribution in [1.82, 2.24) is 24.4 Å². The fourth-order valence-electron chi connectivity index (χ4n) is 3.72. The van der Waals surface area contributed by atoms with E-state index in [1.165, 1.54) is 6.07 Å². The molecule has 1 aromatic heterocycles. The van der Waals surface area contributed by atoms with Gasteiger partial charge in [0.05, 0.1) is 12.1 Å². The van der Waals surface area contributed by atoms with Crippen molar-refractivity contribution in [2.75, 3.05) is 19.6 Å². The maximum Gasteiger partial charge on any atom is 0.416 e. The molecule has 0 spiro atoms. The quantitative estimate of drug-likeness (QED) is 0.777. The summed E-state index contributed by atoms with van der Waals surface area (Å²) in [5, 5.41) is 11.7. The molecule has 1 aromatic carbocycles. The van der Waals surface area contributed by atoms with Crippen LogP contribution < -0.4 is 5.32 Å². The van der Waals surface area contributed by atoms with Crippen molar-refractivity contribution in [3.8, 4) is 0 Å². The number of nitrogens with zero attached hydrogens (tertiary/aromatic N) is 4. The molecule has 11 heteroatoms. The van der Waals surface area contributed by atoms with Gasteiger partial charge in [0.25, 0.3) is 0 Å². The molecule has 4 rings (SSSR count). The number of sulfonamides is 1. The second kappa shape index (κ2) is 7.21. The lowest BCUT2D eigenvalue weighted by Crippen LogP contribution is -2.42. The largest absolute Gasteiger partial charge is 0.593 e.